The summed E-state index contributed by atoms with van der Waals surface area (Å²) >= 11 is 0. The van der Waals surface area contributed by atoms with Gasteiger partial charge in [-0.2, -0.15) is 5.10 Å². The summed E-state index contributed by atoms with van der Waals surface area (Å²) in [5.41, 5.74) is 4.89. The zero-order valence-corrected chi connectivity index (χ0v) is 20.8. The molecule has 3 rings (SSSR count). The van der Waals surface area contributed by atoms with Crippen LogP contribution in [0.1, 0.15) is 35.3 Å². The molecule has 0 aliphatic heterocycles. The Hall–Kier alpha value is -3.85. The van der Waals surface area contributed by atoms with E-state index in [2.05, 4.69) is 10.5 Å². The lowest BCUT2D eigenvalue weighted by Crippen LogP contribution is -2.29. The van der Waals surface area contributed by atoms with Crippen molar-refractivity contribution in [1.29, 1.82) is 0 Å². The molecule has 0 saturated heterocycles. The summed E-state index contributed by atoms with van der Waals surface area (Å²) in [7, 11) is -3.52. The van der Waals surface area contributed by atoms with Crippen LogP contribution in [0.2, 0.25) is 0 Å². The Bertz CT molecular complexity index is 1260. The third kappa shape index (κ3) is 7.31. The van der Waals surface area contributed by atoms with Crippen LogP contribution in [0.3, 0.4) is 0 Å². The van der Waals surface area contributed by atoms with E-state index in [9.17, 15) is 13.2 Å². The number of hydrogen-bond acceptors (Lipinski definition) is 6. The van der Waals surface area contributed by atoms with E-state index in [1.807, 2.05) is 50.2 Å². The predicted octanol–water partition coefficient (Wildman–Crippen LogP) is 4.21. The number of hydrogen-bond donors (Lipinski definition) is 1. The zero-order valence-electron chi connectivity index (χ0n) is 20.0. The minimum Gasteiger partial charge on any atom is -0.490 e. The van der Waals surface area contributed by atoms with E-state index in [0.717, 1.165) is 17.4 Å². The number of anilines is 1. The Balaban J connectivity index is 1.68. The van der Waals surface area contributed by atoms with Gasteiger partial charge in [-0.25, -0.2) is 13.8 Å². The lowest BCUT2D eigenvalue weighted by atomic mass is 10.2. The van der Waals surface area contributed by atoms with Crippen LogP contribution in [0.4, 0.5) is 5.69 Å². The summed E-state index contributed by atoms with van der Waals surface area (Å²) in [5, 5.41) is 4.02. The smallest absolute Gasteiger partial charge is 0.271 e. The molecule has 1 amide bonds. The molecule has 9 heteroatoms. The van der Waals surface area contributed by atoms with Gasteiger partial charge >= 0.3 is 0 Å². The molecule has 3 aromatic carbocycles. The highest BCUT2D eigenvalue weighted by atomic mass is 32.2. The molecule has 0 spiro atoms. The van der Waals surface area contributed by atoms with Crippen LogP contribution in [-0.4, -0.2) is 40.0 Å². The topological polar surface area (TPSA) is 97.3 Å². The number of amides is 1. The number of carbonyl (C=O) groups excluding carboxylic acids is 1. The summed E-state index contributed by atoms with van der Waals surface area (Å²) in [5.74, 6) is 0.829. The lowest BCUT2D eigenvalue weighted by Gasteiger charge is -2.22. The van der Waals surface area contributed by atoms with E-state index in [1.54, 1.807) is 36.4 Å². The Morgan fingerprint density at radius 2 is 1.60 bits per heavy atom. The molecule has 3 aromatic rings. The van der Waals surface area contributed by atoms with Crippen molar-refractivity contribution in [3.8, 4) is 11.5 Å². The fourth-order valence-electron chi connectivity index (χ4n) is 3.31. The van der Waals surface area contributed by atoms with Crippen molar-refractivity contribution < 1.29 is 22.7 Å². The molecule has 0 unspecified atom stereocenters. The van der Waals surface area contributed by atoms with Gasteiger partial charge in [0.2, 0.25) is 10.0 Å². The summed E-state index contributed by atoms with van der Waals surface area (Å²) < 4.78 is 37.2. The quantitative estimate of drug-likeness (QED) is 0.317. The fourth-order valence-corrected chi connectivity index (χ4v) is 4.19. The molecule has 8 nitrogen and oxygen atoms in total. The second-order valence-electron chi connectivity index (χ2n) is 7.57. The number of nitrogens with one attached hydrogen (secondary N) is 1. The largest absolute Gasteiger partial charge is 0.490 e. The number of hydrazone groups is 1. The van der Waals surface area contributed by atoms with Crippen LogP contribution < -0.4 is 19.2 Å². The second-order valence-corrected chi connectivity index (χ2v) is 9.48. The van der Waals surface area contributed by atoms with Gasteiger partial charge in [-0.15, -0.1) is 0 Å². The molecule has 0 radical (unpaired) electrons. The van der Waals surface area contributed by atoms with E-state index in [1.165, 1.54) is 10.5 Å². The molecule has 184 valence electrons. The van der Waals surface area contributed by atoms with Crippen molar-refractivity contribution in [2.75, 3.05) is 23.8 Å². The van der Waals surface area contributed by atoms with Gasteiger partial charge in [0.15, 0.2) is 11.5 Å². The maximum absolute atomic E-state index is 12.5. The van der Waals surface area contributed by atoms with Gasteiger partial charge in [0.25, 0.3) is 5.91 Å². The van der Waals surface area contributed by atoms with E-state index < -0.39 is 15.9 Å². The molecule has 0 aliphatic rings. The zero-order chi connectivity index (χ0) is 25.3. The molecule has 0 saturated carbocycles. The van der Waals surface area contributed by atoms with E-state index >= 15 is 0 Å². The SMILES string of the molecule is CCOc1ccc(/C=N\NC(=O)c2ccc(N(Cc3ccccc3)S(C)(=O)=O)cc2)cc1OCC. The van der Waals surface area contributed by atoms with Gasteiger partial charge in [-0.05, 0) is 67.4 Å². The average molecular weight is 496 g/mol. The Morgan fingerprint density at radius 3 is 2.23 bits per heavy atom. The predicted molar refractivity (Wildman–Crippen MR) is 138 cm³/mol. The summed E-state index contributed by atoms with van der Waals surface area (Å²) in [4.78, 5) is 12.5. The molecular weight excluding hydrogens is 466 g/mol. The van der Waals surface area contributed by atoms with Gasteiger partial charge in [0, 0.05) is 5.56 Å². The van der Waals surface area contributed by atoms with Crippen molar-refractivity contribution in [2.45, 2.75) is 20.4 Å². The van der Waals surface area contributed by atoms with Crippen molar-refractivity contribution in [1.82, 2.24) is 5.43 Å². The first kappa shape index (κ1) is 25.8. The van der Waals surface area contributed by atoms with Crippen molar-refractivity contribution >= 4 is 27.8 Å². The number of nitrogens with zero attached hydrogens (tertiary/aromatic N) is 2. The first-order valence-electron chi connectivity index (χ1n) is 11.2. The Morgan fingerprint density at radius 1 is 0.943 bits per heavy atom. The fraction of sp³-hybridized carbons (Fsp3) is 0.231. The van der Waals surface area contributed by atoms with Crippen molar-refractivity contribution in [3.05, 3.63) is 89.5 Å². The monoisotopic (exact) mass is 495 g/mol. The lowest BCUT2D eigenvalue weighted by molar-refractivity contribution is 0.0955. The molecule has 0 aromatic heterocycles. The minimum atomic E-state index is -3.52. The Kier molecular flexibility index (Phi) is 8.86. The molecule has 0 fully saturated rings. The number of carbonyl (C=O) groups is 1. The van der Waals surface area contributed by atoms with Gasteiger partial charge < -0.3 is 9.47 Å². The van der Waals surface area contributed by atoms with Crippen molar-refractivity contribution in [2.24, 2.45) is 5.10 Å². The summed E-state index contributed by atoms with van der Waals surface area (Å²) in [6, 6.07) is 21.0. The number of benzene rings is 3. The molecule has 0 atom stereocenters. The number of sulfonamides is 1. The molecule has 0 bridgehead atoms. The maximum atomic E-state index is 12.5. The maximum Gasteiger partial charge on any atom is 0.271 e. The van der Waals surface area contributed by atoms with Crippen LogP contribution in [0, 0.1) is 0 Å². The van der Waals surface area contributed by atoms with Crippen LogP contribution in [0.25, 0.3) is 0 Å². The molecule has 0 heterocycles. The highest BCUT2D eigenvalue weighted by Gasteiger charge is 2.18. The van der Waals surface area contributed by atoms with Gasteiger partial charge in [0.05, 0.1) is 37.9 Å². The average Bonchev–Trinajstić information content (AvgIpc) is 2.84. The second kappa shape index (κ2) is 12.0. The molecule has 35 heavy (non-hydrogen) atoms. The first-order chi connectivity index (χ1) is 16.8. The van der Waals surface area contributed by atoms with Crippen LogP contribution >= 0.6 is 0 Å². The van der Waals surface area contributed by atoms with Gasteiger partial charge in [0.1, 0.15) is 0 Å². The normalized spacial score (nSPS) is 11.3. The number of ether oxygens (including phenoxy) is 2. The molecular formula is C26H29N3O5S. The third-order valence-electron chi connectivity index (χ3n) is 4.93. The summed E-state index contributed by atoms with van der Waals surface area (Å²) in [6.45, 7) is 5.00. The standard InChI is InChI=1S/C26H29N3O5S/c1-4-33-24-16-11-21(17-25(24)34-5-2)18-27-28-26(30)22-12-14-23(15-13-22)29(35(3,31)32)19-20-9-7-6-8-10-20/h6-18H,4-5,19H2,1-3H3,(H,28,30)/b27-18-. The van der Waals surface area contributed by atoms with Gasteiger partial charge in [-0.3, -0.25) is 9.10 Å². The minimum absolute atomic E-state index is 0.196. The highest BCUT2D eigenvalue weighted by molar-refractivity contribution is 7.92. The number of rotatable bonds is 11. The van der Waals surface area contributed by atoms with Crippen LogP contribution in [-0.2, 0) is 16.6 Å². The van der Waals surface area contributed by atoms with E-state index in [-0.39, 0.29) is 6.54 Å². The van der Waals surface area contributed by atoms with Gasteiger partial charge in [-0.1, -0.05) is 30.3 Å². The Labute approximate surface area is 206 Å². The van der Waals surface area contributed by atoms with E-state index in [0.29, 0.717) is 36.0 Å². The van der Waals surface area contributed by atoms with E-state index in [4.69, 9.17) is 9.47 Å². The first-order valence-corrected chi connectivity index (χ1v) is 13.0. The van der Waals surface area contributed by atoms with Crippen LogP contribution in [0.5, 0.6) is 11.5 Å². The highest BCUT2D eigenvalue weighted by Crippen LogP contribution is 2.28. The van der Waals surface area contributed by atoms with Crippen LogP contribution in [0.15, 0.2) is 77.9 Å². The third-order valence-corrected chi connectivity index (χ3v) is 6.07. The summed E-state index contributed by atoms with van der Waals surface area (Å²) in [6.07, 6.45) is 2.67. The molecule has 1 N–H and O–H groups in total. The van der Waals surface area contributed by atoms with Crippen molar-refractivity contribution in [3.63, 3.8) is 0 Å². The molecule has 0 aliphatic carbocycles.